The van der Waals surface area contributed by atoms with Crippen molar-refractivity contribution in [2.24, 2.45) is 0 Å². The molecule has 0 aliphatic carbocycles. The highest BCUT2D eigenvalue weighted by atomic mass is 35.5. The molecular weight excluding hydrogens is 162 g/mol. The van der Waals surface area contributed by atoms with Crippen LogP contribution in [0.15, 0.2) is 12.2 Å². The van der Waals surface area contributed by atoms with Gasteiger partial charge in [-0.05, 0) is 13.3 Å². The van der Waals surface area contributed by atoms with Gasteiger partial charge in [0.25, 0.3) is 0 Å². The van der Waals surface area contributed by atoms with E-state index in [-0.39, 0.29) is 11.3 Å². The molecule has 0 aromatic carbocycles. The van der Waals surface area contributed by atoms with Crippen LogP contribution in [0.25, 0.3) is 0 Å². The Morgan fingerprint density at radius 3 is 2.82 bits per heavy atom. The minimum absolute atomic E-state index is 0.0380. The van der Waals surface area contributed by atoms with E-state index in [4.69, 9.17) is 11.6 Å². The lowest BCUT2D eigenvalue weighted by Gasteiger charge is -2.24. The Balaban J connectivity index is 2.47. The van der Waals surface area contributed by atoms with Crippen LogP contribution in [0, 0.1) is 0 Å². The molecule has 1 rings (SSSR count). The summed E-state index contributed by atoms with van der Waals surface area (Å²) >= 11 is 5.65. The molecule has 2 nitrogen and oxygen atoms in total. The van der Waals surface area contributed by atoms with Crippen molar-refractivity contribution in [2.75, 3.05) is 13.1 Å². The minimum atomic E-state index is -0.388. The van der Waals surface area contributed by atoms with Gasteiger partial charge in [0.1, 0.15) is 5.38 Å². The summed E-state index contributed by atoms with van der Waals surface area (Å²) in [6.45, 7) is 3.24. The van der Waals surface area contributed by atoms with Crippen LogP contribution < -0.4 is 0 Å². The van der Waals surface area contributed by atoms with Gasteiger partial charge in [0.15, 0.2) is 0 Å². The van der Waals surface area contributed by atoms with Crippen LogP contribution in [0.1, 0.15) is 13.3 Å². The average Bonchev–Trinajstić information content (AvgIpc) is 2.05. The number of amides is 1. The number of halogens is 1. The Morgan fingerprint density at radius 2 is 2.36 bits per heavy atom. The predicted octanol–water partition coefficient (Wildman–Crippen LogP) is 1.40. The van der Waals surface area contributed by atoms with Gasteiger partial charge in [0, 0.05) is 13.1 Å². The zero-order valence-electron chi connectivity index (χ0n) is 6.59. The third kappa shape index (κ3) is 2.22. The van der Waals surface area contributed by atoms with Crippen molar-refractivity contribution in [1.82, 2.24) is 4.90 Å². The summed E-state index contributed by atoms with van der Waals surface area (Å²) in [5.41, 5.74) is 0. The molecule has 62 valence electrons. The molecule has 1 amide bonds. The van der Waals surface area contributed by atoms with Crippen LogP contribution in [-0.4, -0.2) is 29.3 Å². The number of carbonyl (C=O) groups excluding carboxylic acids is 1. The monoisotopic (exact) mass is 173 g/mol. The Morgan fingerprint density at radius 1 is 1.64 bits per heavy atom. The van der Waals surface area contributed by atoms with E-state index in [2.05, 4.69) is 6.08 Å². The van der Waals surface area contributed by atoms with Crippen LogP contribution >= 0.6 is 11.6 Å². The van der Waals surface area contributed by atoms with Crippen LogP contribution in [0.5, 0.6) is 0 Å². The maximum atomic E-state index is 11.3. The Labute approximate surface area is 71.8 Å². The number of carbonyl (C=O) groups is 1. The van der Waals surface area contributed by atoms with Crippen LogP contribution in [0.2, 0.25) is 0 Å². The Kier molecular flexibility index (Phi) is 2.94. The third-order valence-electron chi connectivity index (χ3n) is 1.71. The lowest BCUT2D eigenvalue weighted by molar-refractivity contribution is -0.130. The number of hydrogen-bond donors (Lipinski definition) is 0. The first-order valence-corrected chi connectivity index (χ1v) is 4.23. The van der Waals surface area contributed by atoms with Gasteiger partial charge in [-0.25, -0.2) is 0 Å². The SMILES string of the molecule is C[C@@H](Cl)C(=O)N1CC=CCC1. The summed E-state index contributed by atoms with van der Waals surface area (Å²) in [5.74, 6) is 0.0380. The number of rotatable bonds is 1. The molecule has 1 atom stereocenters. The van der Waals surface area contributed by atoms with E-state index >= 15 is 0 Å². The van der Waals surface area contributed by atoms with Crippen LogP contribution in [-0.2, 0) is 4.79 Å². The van der Waals surface area contributed by atoms with E-state index in [1.165, 1.54) is 0 Å². The molecular formula is C8H12ClNO. The molecule has 0 unspecified atom stereocenters. The largest absolute Gasteiger partial charge is 0.337 e. The summed E-state index contributed by atoms with van der Waals surface area (Å²) in [4.78, 5) is 13.0. The number of alkyl halides is 1. The second-order valence-electron chi connectivity index (χ2n) is 2.66. The highest BCUT2D eigenvalue weighted by Gasteiger charge is 2.17. The fourth-order valence-corrected chi connectivity index (χ4v) is 1.23. The normalized spacial score (nSPS) is 20.0. The lowest BCUT2D eigenvalue weighted by Crippen LogP contribution is -2.37. The highest BCUT2D eigenvalue weighted by Crippen LogP contribution is 2.06. The average molecular weight is 174 g/mol. The molecule has 0 radical (unpaired) electrons. The highest BCUT2D eigenvalue weighted by molar-refractivity contribution is 6.30. The van der Waals surface area contributed by atoms with Crippen molar-refractivity contribution in [3.63, 3.8) is 0 Å². The summed E-state index contributed by atoms with van der Waals surface area (Å²) in [6, 6.07) is 0. The van der Waals surface area contributed by atoms with Gasteiger partial charge in [-0.2, -0.15) is 0 Å². The third-order valence-corrected chi connectivity index (χ3v) is 1.90. The first kappa shape index (κ1) is 8.60. The molecule has 3 heteroatoms. The van der Waals surface area contributed by atoms with E-state index in [0.29, 0.717) is 0 Å². The molecule has 1 aliphatic heterocycles. The first-order chi connectivity index (χ1) is 5.22. The van der Waals surface area contributed by atoms with Crippen molar-refractivity contribution >= 4 is 17.5 Å². The van der Waals surface area contributed by atoms with Gasteiger partial charge in [0.05, 0.1) is 0 Å². The van der Waals surface area contributed by atoms with Crippen LogP contribution in [0.4, 0.5) is 0 Å². The first-order valence-electron chi connectivity index (χ1n) is 3.79. The van der Waals surface area contributed by atoms with E-state index in [1.54, 1.807) is 11.8 Å². The summed E-state index contributed by atoms with van der Waals surface area (Å²) < 4.78 is 0. The zero-order valence-corrected chi connectivity index (χ0v) is 7.34. The predicted molar refractivity (Wildman–Crippen MR) is 45.7 cm³/mol. The van der Waals surface area contributed by atoms with Crippen molar-refractivity contribution in [2.45, 2.75) is 18.7 Å². The van der Waals surface area contributed by atoms with Crippen molar-refractivity contribution in [3.05, 3.63) is 12.2 Å². The fraction of sp³-hybridized carbons (Fsp3) is 0.625. The Hall–Kier alpha value is -0.500. The van der Waals surface area contributed by atoms with Gasteiger partial charge in [0.2, 0.25) is 5.91 Å². The summed E-state index contributed by atoms with van der Waals surface area (Å²) in [6.07, 6.45) is 5.04. The van der Waals surface area contributed by atoms with Crippen LogP contribution in [0.3, 0.4) is 0 Å². The van der Waals surface area contributed by atoms with Crippen molar-refractivity contribution in [1.29, 1.82) is 0 Å². The topological polar surface area (TPSA) is 20.3 Å². The lowest BCUT2D eigenvalue weighted by atomic mass is 10.2. The molecule has 0 spiro atoms. The standard InChI is InChI=1S/C8H12ClNO/c1-7(9)8(11)10-5-3-2-4-6-10/h2-3,7H,4-6H2,1H3/t7-/m1/s1. The second-order valence-corrected chi connectivity index (χ2v) is 3.31. The van der Waals surface area contributed by atoms with Crippen molar-refractivity contribution < 1.29 is 4.79 Å². The van der Waals surface area contributed by atoms with Gasteiger partial charge in [-0.15, -0.1) is 11.6 Å². The van der Waals surface area contributed by atoms with E-state index in [9.17, 15) is 4.79 Å². The molecule has 0 N–H and O–H groups in total. The van der Waals surface area contributed by atoms with Gasteiger partial charge < -0.3 is 4.90 Å². The van der Waals surface area contributed by atoms with Gasteiger partial charge >= 0.3 is 0 Å². The van der Waals surface area contributed by atoms with Crippen molar-refractivity contribution in [3.8, 4) is 0 Å². The molecule has 0 fully saturated rings. The molecule has 0 saturated heterocycles. The molecule has 0 bridgehead atoms. The Bertz CT molecular complexity index is 177. The van der Waals surface area contributed by atoms with E-state index < -0.39 is 0 Å². The zero-order chi connectivity index (χ0) is 8.27. The van der Waals surface area contributed by atoms with E-state index in [0.717, 1.165) is 19.5 Å². The van der Waals surface area contributed by atoms with Gasteiger partial charge in [-0.1, -0.05) is 12.2 Å². The summed E-state index contributed by atoms with van der Waals surface area (Å²) in [7, 11) is 0. The quantitative estimate of drug-likeness (QED) is 0.434. The fourth-order valence-electron chi connectivity index (χ4n) is 1.09. The second kappa shape index (κ2) is 3.77. The molecule has 0 saturated carbocycles. The molecule has 1 heterocycles. The smallest absolute Gasteiger partial charge is 0.240 e. The molecule has 11 heavy (non-hydrogen) atoms. The number of nitrogens with zero attached hydrogens (tertiary/aromatic N) is 1. The van der Waals surface area contributed by atoms with E-state index in [1.807, 2.05) is 6.08 Å². The molecule has 0 aromatic heterocycles. The molecule has 1 aliphatic rings. The summed E-state index contributed by atoms with van der Waals surface area (Å²) in [5, 5.41) is -0.388. The number of hydrogen-bond acceptors (Lipinski definition) is 1. The molecule has 0 aromatic rings. The van der Waals surface area contributed by atoms with Gasteiger partial charge in [-0.3, -0.25) is 4.79 Å². The maximum Gasteiger partial charge on any atom is 0.240 e. The maximum absolute atomic E-state index is 11.3. The minimum Gasteiger partial charge on any atom is -0.337 e.